The summed E-state index contributed by atoms with van der Waals surface area (Å²) in [5.41, 5.74) is 3.18. The van der Waals surface area contributed by atoms with Gasteiger partial charge in [0.1, 0.15) is 6.10 Å². The van der Waals surface area contributed by atoms with Crippen molar-refractivity contribution >= 4 is 28.6 Å². The minimum Gasteiger partial charge on any atom is -0.383 e. The van der Waals surface area contributed by atoms with Crippen molar-refractivity contribution < 1.29 is 9.90 Å². The van der Waals surface area contributed by atoms with E-state index >= 15 is 0 Å². The Balaban J connectivity index is 1.40. The molecular weight excluding hydrogens is 410 g/mol. The van der Waals surface area contributed by atoms with Crippen molar-refractivity contribution in [2.45, 2.75) is 25.0 Å². The molecule has 0 radical (unpaired) electrons. The van der Waals surface area contributed by atoms with E-state index in [2.05, 4.69) is 29.6 Å². The molecule has 0 aliphatic carbocycles. The summed E-state index contributed by atoms with van der Waals surface area (Å²) in [6, 6.07) is 26.1. The van der Waals surface area contributed by atoms with Crippen LogP contribution in [0.3, 0.4) is 0 Å². The van der Waals surface area contributed by atoms with Gasteiger partial charge >= 0.3 is 0 Å². The summed E-state index contributed by atoms with van der Waals surface area (Å²) in [6.45, 7) is 0.468. The minimum atomic E-state index is -0.605. The maximum Gasteiger partial charge on any atom is 0.221 e. The van der Waals surface area contributed by atoms with Gasteiger partial charge in [0.15, 0.2) is 0 Å². The lowest BCUT2D eigenvalue weighted by molar-refractivity contribution is -0.121. The number of hydrogen-bond acceptors (Lipinski definition) is 4. The van der Waals surface area contributed by atoms with E-state index in [1.807, 2.05) is 65.4 Å². The van der Waals surface area contributed by atoms with Crippen molar-refractivity contribution in [1.82, 2.24) is 5.32 Å². The lowest BCUT2D eigenvalue weighted by Gasteiger charge is -2.17. The lowest BCUT2D eigenvalue weighted by Crippen LogP contribution is -2.24. The van der Waals surface area contributed by atoms with Crippen LogP contribution in [-0.4, -0.2) is 11.0 Å². The molecule has 0 spiro atoms. The van der Waals surface area contributed by atoms with Crippen molar-refractivity contribution in [2.75, 3.05) is 0 Å². The Morgan fingerprint density at radius 1 is 0.867 bits per heavy atom. The Morgan fingerprint density at radius 2 is 1.53 bits per heavy atom. The fourth-order valence-electron chi connectivity index (χ4n) is 3.47. The first-order chi connectivity index (χ1) is 14.7. The molecule has 0 aliphatic heterocycles. The largest absolute Gasteiger partial charge is 0.383 e. The number of amides is 1. The molecule has 1 atom stereocenters. The van der Waals surface area contributed by atoms with Crippen LogP contribution >= 0.6 is 22.7 Å². The van der Waals surface area contributed by atoms with E-state index in [-0.39, 0.29) is 11.8 Å². The number of carbonyl (C=O) groups is 1. The minimum absolute atomic E-state index is 0.0149. The second kappa shape index (κ2) is 9.85. The molecule has 0 fully saturated rings. The molecule has 2 N–H and O–H groups in total. The van der Waals surface area contributed by atoms with Crippen LogP contribution in [0.15, 0.2) is 89.6 Å². The van der Waals surface area contributed by atoms with Crippen LogP contribution in [0.4, 0.5) is 0 Å². The summed E-state index contributed by atoms with van der Waals surface area (Å²) in [5, 5.41) is 17.4. The van der Waals surface area contributed by atoms with Gasteiger partial charge in [-0.2, -0.15) is 11.3 Å². The number of benzene rings is 2. The average Bonchev–Trinajstić information content (AvgIpc) is 3.49. The molecule has 4 aromatic rings. The molecule has 2 heterocycles. The highest BCUT2D eigenvalue weighted by Crippen LogP contribution is 2.30. The van der Waals surface area contributed by atoms with E-state index in [9.17, 15) is 9.90 Å². The number of rotatable bonds is 8. The monoisotopic (exact) mass is 433 g/mol. The molecule has 4 rings (SSSR count). The molecule has 1 unspecified atom stereocenters. The Bertz CT molecular complexity index is 1020. The van der Waals surface area contributed by atoms with E-state index in [0.717, 1.165) is 26.4 Å². The quantitative estimate of drug-likeness (QED) is 0.373. The zero-order valence-corrected chi connectivity index (χ0v) is 18.0. The highest BCUT2D eigenvalue weighted by atomic mass is 32.1. The number of thiophene rings is 2. The van der Waals surface area contributed by atoms with Gasteiger partial charge < -0.3 is 10.4 Å². The van der Waals surface area contributed by atoms with Crippen molar-refractivity contribution in [3.63, 3.8) is 0 Å². The van der Waals surface area contributed by atoms with Crippen LogP contribution in [0, 0.1) is 0 Å². The smallest absolute Gasteiger partial charge is 0.221 e. The molecule has 30 heavy (non-hydrogen) atoms. The van der Waals surface area contributed by atoms with Crippen LogP contribution in [0.2, 0.25) is 0 Å². The van der Waals surface area contributed by atoms with Gasteiger partial charge in [-0.3, -0.25) is 4.79 Å². The lowest BCUT2D eigenvalue weighted by atomic mass is 9.88. The Kier molecular flexibility index (Phi) is 6.74. The molecule has 0 saturated carbocycles. The fraction of sp³-hybridized carbons (Fsp3) is 0.160. The Labute approximate surface area is 184 Å². The van der Waals surface area contributed by atoms with Gasteiger partial charge in [-0.25, -0.2) is 0 Å². The summed E-state index contributed by atoms with van der Waals surface area (Å²) in [5.74, 6) is 0.0350. The van der Waals surface area contributed by atoms with E-state index in [0.29, 0.717) is 13.0 Å². The SMILES string of the molecule is O=C(CC(c1ccccc1)c1ccccc1)NCc1ccc(C(O)c2ccsc2)s1. The number of nitrogens with one attached hydrogen (secondary N) is 1. The second-order valence-electron chi connectivity index (χ2n) is 7.12. The number of carbonyl (C=O) groups excluding carboxylic acids is 1. The van der Waals surface area contributed by atoms with Crippen LogP contribution in [0.1, 0.15) is 44.9 Å². The highest BCUT2D eigenvalue weighted by Gasteiger charge is 2.18. The van der Waals surface area contributed by atoms with Crippen molar-refractivity contribution in [3.8, 4) is 0 Å². The third-order valence-electron chi connectivity index (χ3n) is 5.06. The maximum atomic E-state index is 12.7. The first-order valence-corrected chi connectivity index (χ1v) is 11.6. The van der Waals surface area contributed by atoms with E-state index in [1.54, 1.807) is 11.3 Å². The maximum absolute atomic E-state index is 12.7. The van der Waals surface area contributed by atoms with Gasteiger partial charge in [0.05, 0.1) is 6.54 Å². The van der Waals surface area contributed by atoms with E-state index in [4.69, 9.17) is 0 Å². The number of aliphatic hydroxyl groups is 1. The van der Waals surface area contributed by atoms with Crippen LogP contribution in [0.25, 0.3) is 0 Å². The molecular formula is C25H23NO2S2. The van der Waals surface area contributed by atoms with Gasteiger partial charge in [0.2, 0.25) is 5.91 Å². The summed E-state index contributed by atoms with van der Waals surface area (Å²) < 4.78 is 0. The average molecular weight is 434 g/mol. The Morgan fingerprint density at radius 3 is 2.13 bits per heavy atom. The van der Waals surface area contributed by atoms with Crippen molar-refractivity contribution in [2.24, 2.45) is 0 Å². The molecule has 2 aromatic carbocycles. The zero-order chi connectivity index (χ0) is 20.8. The van der Waals surface area contributed by atoms with E-state index < -0.39 is 6.10 Å². The fourth-order valence-corrected chi connectivity index (χ4v) is 5.12. The molecule has 2 aromatic heterocycles. The van der Waals surface area contributed by atoms with Crippen LogP contribution in [-0.2, 0) is 11.3 Å². The predicted octanol–water partition coefficient (Wildman–Crippen LogP) is 5.73. The highest BCUT2D eigenvalue weighted by molar-refractivity contribution is 7.12. The first kappa shape index (κ1) is 20.5. The third-order valence-corrected chi connectivity index (χ3v) is 6.90. The summed E-state index contributed by atoms with van der Waals surface area (Å²) in [7, 11) is 0. The predicted molar refractivity (Wildman–Crippen MR) is 124 cm³/mol. The standard InChI is InChI=1S/C25H23NO2S2/c27-24(15-22(18-7-3-1-4-8-18)19-9-5-2-6-10-19)26-16-21-11-12-23(30-21)25(28)20-13-14-29-17-20/h1-14,17,22,25,28H,15-16H2,(H,26,27). The number of aliphatic hydroxyl groups excluding tert-OH is 1. The Hall–Kier alpha value is -2.73. The molecule has 0 aliphatic rings. The molecule has 152 valence electrons. The molecule has 0 saturated heterocycles. The molecule has 5 heteroatoms. The van der Waals surface area contributed by atoms with Gasteiger partial charge in [-0.1, -0.05) is 60.7 Å². The third kappa shape index (κ3) is 5.05. The first-order valence-electron chi connectivity index (χ1n) is 9.86. The molecule has 0 bridgehead atoms. The summed E-state index contributed by atoms with van der Waals surface area (Å²) in [4.78, 5) is 14.7. The van der Waals surface area contributed by atoms with Crippen LogP contribution in [0.5, 0.6) is 0 Å². The van der Waals surface area contributed by atoms with Gasteiger partial charge in [-0.15, -0.1) is 11.3 Å². The zero-order valence-electron chi connectivity index (χ0n) is 16.4. The van der Waals surface area contributed by atoms with Gasteiger partial charge in [0.25, 0.3) is 0 Å². The van der Waals surface area contributed by atoms with E-state index in [1.165, 1.54) is 11.3 Å². The normalized spacial score (nSPS) is 12.1. The van der Waals surface area contributed by atoms with Gasteiger partial charge in [0, 0.05) is 22.1 Å². The van der Waals surface area contributed by atoms with Crippen molar-refractivity contribution in [3.05, 3.63) is 116 Å². The van der Waals surface area contributed by atoms with Crippen molar-refractivity contribution in [1.29, 1.82) is 0 Å². The molecule has 3 nitrogen and oxygen atoms in total. The summed E-state index contributed by atoms with van der Waals surface area (Å²) >= 11 is 3.11. The topological polar surface area (TPSA) is 49.3 Å². The molecule has 1 amide bonds. The van der Waals surface area contributed by atoms with Gasteiger partial charge in [-0.05, 0) is 45.6 Å². The second-order valence-corrected chi connectivity index (χ2v) is 9.10. The number of hydrogen-bond donors (Lipinski definition) is 2. The summed E-state index contributed by atoms with van der Waals surface area (Å²) in [6.07, 6.45) is -0.213. The van der Waals surface area contributed by atoms with Crippen LogP contribution < -0.4 is 5.32 Å².